The lowest BCUT2D eigenvalue weighted by Crippen LogP contribution is -2.25. The van der Waals surface area contributed by atoms with Crippen LogP contribution >= 0.6 is 22.9 Å². The van der Waals surface area contributed by atoms with Crippen LogP contribution in [0.25, 0.3) is 21.3 Å². The Bertz CT molecular complexity index is 1380. The Morgan fingerprint density at radius 2 is 2.21 bits per heavy atom. The molecule has 2 aliphatic rings. The van der Waals surface area contributed by atoms with Crippen LogP contribution in [0.5, 0.6) is 5.75 Å². The van der Waals surface area contributed by atoms with Crippen LogP contribution in [0, 0.1) is 0 Å². The Morgan fingerprint density at radius 1 is 1.33 bits per heavy atom. The van der Waals surface area contributed by atoms with Gasteiger partial charge in [0.2, 0.25) is 0 Å². The number of halogens is 1. The van der Waals surface area contributed by atoms with Crippen LogP contribution in [-0.4, -0.2) is 26.4 Å². The van der Waals surface area contributed by atoms with E-state index in [9.17, 15) is 5.11 Å². The molecule has 6 nitrogen and oxygen atoms in total. The highest BCUT2D eigenvalue weighted by molar-refractivity contribution is 7.19. The molecule has 8 heteroatoms. The molecule has 3 aromatic heterocycles. The molecular formula is C25H25ClN4O2S. The number of nitrogens with one attached hydrogen (secondary N) is 1. The number of fused-ring (bicyclic) bond motifs is 3. The monoisotopic (exact) mass is 480 g/mol. The van der Waals surface area contributed by atoms with Gasteiger partial charge in [-0.15, -0.1) is 11.3 Å². The number of benzene rings is 1. The first-order chi connectivity index (χ1) is 16.0. The summed E-state index contributed by atoms with van der Waals surface area (Å²) in [5, 5.41) is 19.4. The maximum atomic E-state index is 10.4. The topological polar surface area (TPSA) is 72.2 Å². The van der Waals surface area contributed by atoms with E-state index >= 15 is 0 Å². The molecule has 2 N–H and O–H groups in total. The van der Waals surface area contributed by atoms with Gasteiger partial charge >= 0.3 is 0 Å². The Balaban J connectivity index is 1.44. The van der Waals surface area contributed by atoms with E-state index in [1.54, 1.807) is 11.3 Å². The van der Waals surface area contributed by atoms with E-state index in [1.165, 1.54) is 11.3 Å². The van der Waals surface area contributed by atoms with Crippen LogP contribution in [-0.2, 0) is 26.4 Å². The molecule has 0 radical (unpaired) electrons. The smallest absolute Gasteiger partial charge is 0.147 e. The lowest BCUT2D eigenvalue weighted by Gasteiger charge is -2.16. The van der Waals surface area contributed by atoms with Gasteiger partial charge in [0.25, 0.3) is 0 Å². The average Bonchev–Trinajstić information content (AvgIpc) is 3.53. The van der Waals surface area contributed by atoms with Gasteiger partial charge in [-0.05, 0) is 30.7 Å². The van der Waals surface area contributed by atoms with Crippen molar-refractivity contribution in [2.24, 2.45) is 7.05 Å². The van der Waals surface area contributed by atoms with Gasteiger partial charge in [-0.25, -0.2) is 0 Å². The number of aromatic nitrogens is 3. The third-order valence-corrected chi connectivity index (χ3v) is 8.16. The number of hydrogen-bond acceptors (Lipinski definition) is 6. The fraction of sp³-hybridized carbons (Fsp3) is 0.360. The summed E-state index contributed by atoms with van der Waals surface area (Å²) in [4.78, 5) is 5.47. The lowest BCUT2D eigenvalue weighted by molar-refractivity contribution is 0.177. The molecule has 0 spiro atoms. The van der Waals surface area contributed by atoms with Crippen LogP contribution in [0.15, 0.2) is 30.5 Å². The van der Waals surface area contributed by atoms with Crippen molar-refractivity contribution in [2.75, 3.05) is 6.54 Å². The number of nitrogens with zero attached hydrogens (tertiary/aromatic N) is 3. The third-order valence-electron chi connectivity index (χ3n) is 6.68. The molecular weight excluding hydrogens is 456 g/mol. The Morgan fingerprint density at radius 3 is 3.06 bits per heavy atom. The van der Waals surface area contributed by atoms with E-state index in [0.29, 0.717) is 11.4 Å². The molecule has 0 saturated carbocycles. The van der Waals surface area contributed by atoms with Crippen molar-refractivity contribution >= 4 is 33.2 Å². The fourth-order valence-corrected chi connectivity index (χ4v) is 6.47. The molecule has 2 unspecified atom stereocenters. The second-order valence-electron chi connectivity index (χ2n) is 8.76. The van der Waals surface area contributed by atoms with E-state index < -0.39 is 6.10 Å². The number of aliphatic hydroxyl groups excluding tert-OH is 1. The fourth-order valence-electron chi connectivity index (χ4n) is 5.02. The van der Waals surface area contributed by atoms with Gasteiger partial charge in [-0.2, -0.15) is 5.10 Å². The maximum absolute atomic E-state index is 10.4. The second kappa shape index (κ2) is 8.09. The molecule has 2 atom stereocenters. The Hall–Kier alpha value is -2.45. The largest absolute Gasteiger partial charge is 0.483 e. The third kappa shape index (κ3) is 3.46. The summed E-state index contributed by atoms with van der Waals surface area (Å²) in [5.41, 5.74) is 7.55. The molecule has 6 rings (SSSR count). The molecule has 0 fully saturated rings. The van der Waals surface area contributed by atoms with E-state index in [4.69, 9.17) is 21.4 Å². The predicted molar refractivity (Wildman–Crippen MR) is 131 cm³/mol. The van der Waals surface area contributed by atoms with Gasteiger partial charge < -0.3 is 15.2 Å². The number of ether oxygens (including phenoxy) is 1. The first kappa shape index (κ1) is 21.1. The SMILES string of the molecule is CCC(O)c1cc2nccc(-c3cc(Cl)cc4c3OC(c3nn(C)c5c3CNCC5)C4)c2s1. The first-order valence-electron chi connectivity index (χ1n) is 11.3. The van der Waals surface area contributed by atoms with Crippen LogP contribution in [0.4, 0.5) is 0 Å². The predicted octanol–water partition coefficient (Wildman–Crippen LogP) is 5.12. The minimum Gasteiger partial charge on any atom is -0.483 e. The summed E-state index contributed by atoms with van der Waals surface area (Å²) in [6, 6.07) is 7.98. The Kier molecular flexibility index (Phi) is 5.18. The van der Waals surface area contributed by atoms with Crippen molar-refractivity contribution in [3.05, 3.63) is 62.9 Å². The number of aryl methyl sites for hydroxylation is 1. The number of rotatable bonds is 4. The molecule has 33 heavy (non-hydrogen) atoms. The van der Waals surface area contributed by atoms with E-state index in [-0.39, 0.29) is 6.10 Å². The minimum atomic E-state index is -0.480. The van der Waals surface area contributed by atoms with Crippen LogP contribution < -0.4 is 10.1 Å². The van der Waals surface area contributed by atoms with Gasteiger partial charge in [0.1, 0.15) is 17.5 Å². The second-order valence-corrected chi connectivity index (χ2v) is 10.3. The zero-order valence-electron chi connectivity index (χ0n) is 18.6. The summed E-state index contributed by atoms with van der Waals surface area (Å²) in [6.45, 7) is 3.78. The van der Waals surface area contributed by atoms with E-state index in [0.717, 1.165) is 69.2 Å². The average molecular weight is 481 g/mol. The van der Waals surface area contributed by atoms with E-state index in [1.807, 2.05) is 49.1 Å². The van der Waals surface area contributed by atoms with Gasteiger partial charge in [0.15, 0.2) is 0 Å². The highest BCUT2D eigenvalue weighted by atomic mass is 35.5. The quantitative estimate of drug-likeness (QED) is 0.424. The van der Waals surface area contributed by atoms with Crippen molar-refractivity contribution < 1.29 is 9.84 Å². The van der Waals surface area contributed by atoms with Crippen molar-refractivity contribution in [3.63, 3.8) is 0 Å². The minimum absolute atomic E-state index is 0.134. The zero-order valence-corrected chi connectivity index (χ0v) is 20.1. The highest BCUT2D eigenvalue weighted by Gasteiger charge is 2.33. The molecule has 0 amide bonds. The van der Waals surface area contributed by atoms with Gasteiger partial charge in [0, 0.05) is 77.0 Å². The van der Waals surface area contributed by atoms with Crippen LogP contribution in [0.2, 0.25) is 5.02 Å². The summed E-state index contributed by atoms with van der Waals surface area (Å²) in [7, 11) is 2.02. The summed E-state index contributed by atoms with van der Waals surface area (Å²) >= 11 is 8.17. The molecule has 0 saturated heterocycles. The highest BCUT2D eigenvalue weighted by Crippen LogP contribution is 2.48. The summed E-state index contributed by atoms with van der Waals surface area (Å²) < 4.78 is 9.65. The van der Waals surface area contributed by atoms with Crippen LogP contribution in [0.3, 0.4) is 0 Å². The van der Waals surface area contributed by atoms with Crippen molar-refractivity contribution in [1.82, 2.24) is 20.1 Å². The molecule has 1 aromatic carbocycles. The number of pyridine rings is 1. The van der Waals surface area contributed by atoms with Crippen molar-refractivity contribution in [1.29, 1.82) is 0 Å². The first-order valence-corrected chi connectivity index (χ1v) is 12.5. The number of aliphatic hydroxyl groups is 1. The van der Waals surface area contributed by atoms with Gasteiger partial charge in [-0.3, -0.25) is 9.67 Å². The molecule has 5 heterocycles. The van der Waals surface area contributed by atoms with Crippen LogP contribution in [0.1, 0.15) is 52.9 Å². The normalized spacial score (nSPS) is 18.2. The van der Waals surface area contributed by atoms with E-state index in [2.05, 4.69) is 10.3 Å². The molecule has 4 aromatic rings. The Labute approximate surface area is 201 Å². The number of hydrogen-bond donors (Lipinski definition) is 2. The summed E-state index contributed by atoms with van der Waals surface area (Å²) in [6.07, 6.45) is 3.59. The molecule has 0 aliphatic carbocycles. The lowest BCUT2D eigenvalue weighted by atomic mass is 9.98. The number of thiophene rings is 1. The maximum Gasteiger partial charge on any atom is 0.147 e. The zero-order chi connectivity index (χ0) is 22.7. The standard InChI is InChI=1S/C25H25ClN4O2S/c1-3-20(31)22-11-18-25(33-22)15(4-7-28-18)16-10-14(26)8-13-9-21(32-24(13)16)23-17-12-27-6-5-19(17)30(2)29-23/h4,7-8,10-11,20-21,27,31H,3,5-6,9,12H2,1-2H3. The van der Waals surface area contributed by atoms with Gasteiger partial charge in [0.05, 0.1) is 16.3 Å². The molecule has 2 aliphatic heterocycles. The molecule has 170 valence electrons. The molecule has 0 bridgehead atoms. The summed E-state index contributed by atoms with van der Waals surface area (Å²) in [5.74, 6) is 0.867. The van der Waals surface area contributed by atoms with Crippen molar-refractivity contribution in [2.45, 2.75) is 44.9 Å². The van der Waals surface area contributed by atoms with Crippen molar-refractivity contribution in [3.8, 4) is 16.9 Å². The van der Waals surface area contributed by atoms with Gasteiger partial charge in [-0.1, -0.05) is 18.5 Å².